The average Bonchev–Trinajstić information content (AvgIpc) is 1.90. The number of nitriles is 1. The second-order valence-corrected chi connectivity index (χ2v) is 2.28. The van der Waals surface area contributed by atoms with Crippen molar-refractivity contribution in [3.05, 3.63) is 0 Å². The molecule has 0 radical (unpaired) electrons. The molecule has 0 amide bonds. The molecule has 9 heavy (non-hydrogen) atoms. The zero-order valence-electron chi connectivity index (χ0n) is 6.31. The summed E-state index contributed by atoms with van der Waals surface area (Å²) in [6.07, 6.45) is 1.05. The summed E-state index contributed by atoms with van der Waals surface area (Å²) in [7, 11) is 1.82. The van der Waals surface area contributed by atoms with Crippen molar-refractivity contribution in [1.29, 1.82) is 5.26 Å². The van der Waals surface area contributed by atoms with Crippen LogP contribution in [0.2, 0.25) is 0 Å². The molecule has 0 saturated heterocycles. The first-order chi connectivity index (χ1) is 4.26. The van der Waals surface area contributed by atoms with Crippen LogP contribution >= 0.6 is 0 Å². The number of rotatable bonds is 3. The molecule has 0 heterocycles. The van der Waals surface area contributed by atoms with E-state index in [2.05, 4.69) is 25.2 Å². The van der Waals surface area contributed by atoms with Gasteiger partial charge in [0.1, 0.15) is 0 Å². The molecule has 0 bridgehead atoms. The Kier molecular flexibility index (Phi) is 4.08. The van der Waals surface area contributed by atoms with Crippen LogP contribution in [0.5, 0.6) is 0 Å². The second-order valence-electron chi connectivity index (χ2n) is 2.28. The Labute approximate surface area is 56.9 Å². The fourth-order valence-corrected chi connectivity index (χ4v) is 0.712. The van der Waals surface area contributed by atoms with Gasteiger partial charge in [0, 0.05) is 0 Å². The van der Waals surface area contributed by atoms with Crippen LogP contribution in [0, 0.1) is 17.2 Å². The zero-order chi connectivity index (χ0) is 7.28. The van der Waals surface area contributed by atoms with Crippen LogP contribution in [0.1, 0.15) is 20.3 Å². The van der Waals surface area contributed by atoms with E-state index in [-0.39, 0.29) is 6.04 Å². The minimum absolute atomic E-state index is 0.0231. The van der Waals surface area contributed by atoms with E-state index in [0.717, 1.165) is 6.42 Å². The van der Waals surface area contributed by atoms with Crippen molar-refractivity contribution >= 4 is 0 Å². The number of hydrogen-bond donors (Lipinski definition) is 1. The van der Waals surface area contributed by atoms with Crippen molar-refractivity contribution in [2.75, 3.05) is 7.05 Å². The lowest BCUT2D eigenvalue weighted by molar-refractivity contribution is 0.457. The van der Waals surface area contributed by atoms with Crippen molar-refractivity contribution in [2.24, 2.45) is 5.92 Å². The summed E-state index contributed by atoms with van der Waals surface area (Å²) in [4.78, 5) is 0. The lowest BCUT2D eigenvalue weighted by atomic mass is 10.0. The van der Waals surface area contributed by atoms with Gasteiger partial charge >= 0.3 is 0 Å². The molecule has 0 aromatic carbocycles. The molecule has 2 heteroatoms. The van der Waals surface area contributed by atoms with E-state index in [0.29, 0.717) is 5.92 Å². The quantitative estimate of drug-likeness (QED) is 0.615. The van der Waals surface area contributed by atoms with Gasteiger partial charge in [0.2, 0.25) is 0 Å². The van der Waals surface area contributed by atoms with Gasteiger partial charge in [-0.2, -0.15) is 5.26 Å². The van der Waals surface area contributed by atoms with Crippen molar-refractivity contribution < 1.29 is 0 Å². The largest absolute Gasteiger partial charge is 0.305 e. The molecule has 0 spiro atoms. The van der Waals surface area contributed by atoms with Crippen LogP contribution in [0.4, 0.5) is 0 Å². The Morgan fingerprint density at radius 2 is 2.22 bits per heavy atom. The van der Waals surface area contributed by atoms with E-state index >= 15 is 0 Å². The molecule has 0 rings (SSSR count). The van der Waals surface area contributed by atoms with Crippen LogP contribution in [0.15, 0.2) is 0 Å². The lowest BCUT2D eigenvalue weighted by Crippen LogP contribution is -2.29. The molecule has 0 aromatic heterocycles. The number of nitrogens with zero attached hydrogens (tertiary/aromatic N) is 1. The van der Waals surface area contributed by atoms with Gasteiger partial charge in [0.15, 0.2) is 0 Å². The Hall–Kier alpha value is -0.550. The van der Waals surface area contributed by atoms with Gasteiger partial charge in [-0.15, -0.1) is 0 Å². The molecule has 52 valence electrons. The average molecular weight is 126 g/mol. The molecule has 0 aliphatic rings. The molecular weight excluding hydrogens is 112 g/mol. The van der Waals surface area contributed by atoms with E-state index in [1.165, 1.54) is 0 Å². The molecule has 0 fully saturated rings. The van der Waals surface area contributed by atoms with Crippen LogP contribution in [-0.4, -0.2) is 13.1 Å². The first-order valence-corrected chi connectivity index (χ1v) is 3.33. The van der Waals surface area contributed by atoms with Crippen molar-refractivity contribution in [2.45, 2.75) is 26.3 Å². The summed E-state index contributed by atoms with van der Waals surface area (Å²) in [6.45, 7) is 4.16. The molecule has 0 saturated carbocycles. The van der Waals surface area contributed by atoms with Gasteiger partial charge in [-0.25, -0.2) is 0 Å². The number of nitrogens with one attached hydrogen (secondary N) is 1. The third-order valence-corrected chi connectivity index (χ3v) is 1.66. The van der Waals surface area contributed by atoms with E-state index in [4.69, 9.17) is 5.26 Å². The highest BCUT2D eigenvalue weighted by Crippen LogP contribution is 2.04. The normalized spacial score (nSPS) is 16.2. The fraction of sp³-hybridized carbons (Fsp3) is 0.857. The predicted molar refractivity (Wildman–Crippen MR) is 37.9 cm³/mol. The van der Waals surface area contributed by atoms with Gasteiger partial charge in [-0.3, -0.25) is 0 Å². The van der Waals surface area contributed by atoms with Gasteiger partial charge < -0.3 is 5.32 Å². The zero-order valence-corrected chi connectivity index (χ0v) is 6.31. The Balaban J connectivity index is 3.68. The molecule has 2 nitrogen and oxygen atoms in total. The molecule has 0 aliphatic heterocycles. The molecule has 0 aromatic rings. The van der Waals surface area contributed by atoms with Crippen molar-refractivity contribution in [3.8, 4) is 6.07 Å². The molecule has 1 N–H and O–H groups in total. The third kappa shape index (κ3) is 2.48. The molecular formula is C7H14N2. The Morgan fingerprint density at radius 3 is 2.33 bits per heavy atom. The first kappa shape index (κ1) is 8.45. The Bertz CT molecular complexity index is 104. The van der Waals surface area contributed by atoms with E-state index in [9.17, 15) is 0 Å². The summed E-state index contributed by atoms with van der Waals surface area (Å²) >= 11 is 0. The summed E-state index contributed by atoms with van der Waals surface area (Å²) < 4.78 is 0. The highest BCUT2D eigenvalue weighted by atomic mass is 14.9. The standard InChI is InChI=1S/C7H14N2/c1-4-6(2)7(5-8)9-3/h6-7,9H,4H2,1-3H3. The third-order valence-electron chi connectivity index (χ3n) is 1.66. The highest BCUT2D eigenvalue weighted by Gasteiger charge is 2.10. The van der Waals surface area contributed by atoms with E-state index < -0.39 is 0 Å². The van der Waals surface area contributed by atoms with Crippen LogP contribution < -0.4 is 5.32 Å². The maximum absolute atomic E-state index is 8.52. The van der Waals surface area contributed by atoms with Gasteiger partial charge in [-0.05, 0) is 13.0 Å². The number of hydrogen-bond acceptors (Lipinski definition) is 2. The summed E-state index contributed by atoms with van der Waals surface area (Å²) in [5.74, 6) is 0.458. The van der Waals surface area contributed by atoms with Crippen LogP contribution in [0.25, 0.3) is 0 Å². The van der Waals surface area contributed by atoms with Gasteiger partial charge in [0.25, 0.3) is 0 Å². The molecule has 0 aliphatic carbocycles. The Morgan fingerprint density at radius 1 is 1.67 bits per heavy atom. The lowest BCUT2D eigenvalue weighted by Gasteiger charge is -2.13. The molecule has 2 atom stereocenters. The van der Waals surface area contributed by atoms with Crippen LogP contribution in [-0.2, 0) is 0 Å². The van der Waals surface area contributed by atoms with E-state index in [1.54, 1.807) is 0 Å². The van der Waals surface area contributed by atoms with Crippen LogP contribution in [0.3, 0.4) is 0 Å². The first-order valence-electron chi connectivity index (χ1n) is 3.33. The van der Waals surface area contributed by atoms with E-state index in [1.807, 2.05) is 7.05 Å². The smallest absolute Gasteiger partial charge is 0.0976 e. The summed E-state index contributed by atoms with van der Waals surface area (Å²) in [6, 6.07) is 2.21. The molecule has 2 unspecified atom stereocenters. The predicted octanol–water partition coefficient (Wildman–Crippen LogP) is 1.14. The van der Waals surface area contributed by atoms with Crippen molar-refractivity contribution in [1.82, 2.24) is 5.32 Å². The maximum atomic E-state index is 8.52. The van der Waals surface area contributed by atoms with Gasteiger partial charge in [0.05, 0.1) is 12.1 Å². The monoisotopic (exact) mass is 126 g/mol. The maximum Gasteiger partial charge on any atom is 0.0976 e. The van der Waals surface area contributed by atoms with Gasteiger partial charge in [-0.1, -0.05) is 20.3 Å². The summed E-state index contributed by atoms with van der Waals surface area (Å²) in [5, 5.41) is 11.5. The summed E-state index contributed by atoms with van der Waals surface area (Å²) in [5.41, 5.74) is 0. The minimum atomic E-state index is 0.0231. The van der Waals surface area contributed by atoms with Crippen molar-refractivity contribution in [3.63, 3.8) is 0 Å². The minimum Gasteiger partial charge on any atom is -0.305 e. The fourth-order valence-electron chi connectivity index (χ4n) is 0.712. The topological polar surface area (TPSA) is 35.8 Å². The highest BCUT2D eigenvalue weighted by molar-refractivity contribution is 4.91. The second kappa shape index (κ2) is 4.34. The SMILES string of the molecule is CCC(C)C(C#N)NC.